The lowest BCUT2D eigenvalue weighted by molar-refractivity contribution is -0.140. The number of hydrogen-bond donors (Lipinski definition) is 2. The summed E-state index contributed by atoms with van der Waals surface area (Å²) in [5, 5.41) is 7.99. The Labute approximate surface area is 132 Å². The Morgan fingerprint density at radius 3 is 1.48 bits per heavy atom. The van der Waals surface area contributed by atoms with Crippen LogP contribution in [0.3, 0.4) is 0 Å². The maximum Gasteiger partial charge on any atom is 0.305 e. The second kappa shape index (κ2) is 17.5. The van der Waals surface area contributed by atoms with Crippen molar-refractivity contribution >= 4 is 5.97 Å². The van der Waals surface area contributed by atoms with Crippen LogP contribution in [0.4, 0.5) is 0 Å². The van der Waals surface area contributed by atoms with Gasteiger partial charge in [-0.25, -0.2) is 0 Å². The molecule has 0 heterocycles. The summed E-state index contributed by atoms with van der Waals surface area (Å²) in [6, 6.07) is 0.402. The molecule has 0 aliphatic carbocycles. The number of hydrogen-bond acceptors (Lipinski definition) is 2. The Bertz CT molecular complexity index is 215. The maximum absolute atomic E-state index is 9.70. The molecule has 0 aromatic heterocycles. The highest BCUT2D eigenvalue weighted by Gasteiger charge is 1.99. The summed E-state index contributed by atoms with van der Waals surface area (Å²) in [5.41, 5.74) is 5.70. The molecule has 3 N–H and O–H groups in total. The van der Waals surface area contributed by atoms with Crippen molar-refractivity contribution in [1.29, 1.82) is 0 Å². The molecule has 1 unspecified atom stereocenters. The van der Waals surface area contributed by atoms with Crippen molar-refractivity contribution in [3.05, 3.63) is 0 Å². The van der Waals surface area contributed by atoms with Gasteiger partial charge in [-0.15, -0.1) is 0 Å². The summed E-state index contributed by atoms with van der Waals surface area (Å²) in [4.78, 5) is 9.70. The number of unbranched alkanes of at least 4 members (excludes halogenated alkanes) is 9. The zero-order chi connectivity index (χ0) is 16.5. The van der Waals surface area contributed by atoms with Crippen LogP contribution in [-0.4, -0.2) is 17.1 Å². The molecule has 0 fully saturated rings. The van der Waals surface area contributed by atoms with Crippen molar-refractivity contribution in [3.63, 3.8) is 0 Å². The molecule has 3 heteroatoms. The lowest BCUT2D eigenvalue weighted by Crippen LogP contribution is -2.13. The first-order valence-corrected chi connectivity index (χ1v) is 8.90. The van der Waals surface area contributed by atoms with Gasteiger partial charge >= 0.3 is 5.97 Å². The van der Waals surface area contributed by atoms with Gasteiger partial charge < -0.3 is 10.8 Å². The molecule has 21 heavy (non-hydrogen) atoms. The molecular weight excluding hydrogens is 262 g/mol. The van der Waals surface area contributed by atoms with Gasteiger partial charge in [0.2, 0.25) is 0 Å². The van der Waals surface area contributed by atoms with E-state index in [0.717, 1.165) is 0 Å². The fourth-order valence-corrected chi connectivity index (χ4v) is 1.95. The zero-order valence-corrected chi connectivity index (χ0v) is 14.9. The van der Waals surface area contributed by atoms with Gasteiger partial charge in [-0.05, 0) is 13.3 Å². The molecule has 0 saturated carbocycles. The van der Waals surface area contributed by atoms with E-state index in [9.17, 15) is 4.79 Å². The number of rotatable bonds is 12. The molecule has 0 aromatic carbocycles. The van der Waals surface area contributed by atoms with Crippen molar-refractivity contribution in [1.82, 2.24) is 0 Å². The van der Waals surface area contributed by atoms with E-state index in [-0.39, 0.29) is 5.92 Å². The van der Waals surface area contributed by atoms with Gasteiger partial charge in [-0.3, -0.25) is 4.79 Å². The van der Waals surface area contributed by atoms with Crippen LogP contribution in [0.15, 0.2) is 0 Å². The Kier molecular flexibility index (Phi) is 18.9. The molecular formula is C18H39NO2. The standard InChI is InChI=1S/C14H31N.C4H8O2/c1-3-4-5-6-7-8-9-10-11-12-13-14(2)15;1-3(2)4(5)6/h14H,3-13,15H2,1-2H3;3H,1-2H3,(H,5,6). The van der Waals surface area contributed by atoms with Gasteiger partial charge in [0, 0.05) is 6.04 Å². The SMILES string of the molecule is CC(C)C(=O)O.CCCCCCCCCCCCC(C)N. The number of nitrogens with two attached hydrogens (primary N) is 1. The highest BCUT2D eigenvalue weighted by molar-refractivity contribution is 5.68. The third kappa shape index (κ3) is 24.8. The van der Waals surface area contributed by atoms with E-state index in [4.69, 9.17) is 10.8 Å². The molecule has 0 rings (SSSR count). The van der Waals surface area contributed by atoms with Crippen LogP contribution in [0.5, 0.6) is 0 Å². The molecule has 3 nitrogen and oxygen atoms in total. The largest absolute Gasteiger partial charge is 0.481 e. The van der Waals surface area contributed by atoms with Crippen LogP contribution in [-0.2, 0) is 4.79 Å². The van der Waals surface area contributed by atoms with E-state index in [1.165, 1.54) is 70.6 Å². The summed E-state index contributed by atoms with van der Waals surface area (Å²) in [7, 11) is 0. The first-order valence-electron chi connectivity index (χ1n) is 8.90. The highest BCUT2D eigenvalue weighted by atomic mass is 16.4. The number of carbonyl (C=O) groups is 1. The van der Waals surface area contributed by atoms with Gasteiger partial charge in [-0.2, -0.15) is 0 Å². The van der Waals surface area contributed by atoms with Crippen LogP contribution in [0, 0.1) is 5.92 Å². The van der Waals surface area contributed by atoms with Crippen molar-refractivity contribution < 1.29 is 9.90 Å². The molecule has 0 radical (unpaired) electrons. The van der Waals surface area contributed by atoms with Crippen LogP contribution in [0.2, 0.25) is 0 Å². The zero-order valence-electron chi connectivity index (χ0n) is 14.9. The molecule has 0 aliphatic rings. The van der Waals surface area contributed by atoms with Gasteiger partial charge in [0.15, 0.2) is 0 Å². The lowest BCUT2D eigenvalue weighted by atomic mass is 10.0. The molecule has 1 atom stereocenters. The molecule has 0 amide bonds. The van der Waals surface area contributed by atoms with Crippen LogP contribution in [0.25, 0.3) is 0 Å². The molecule has 0 saturated heterocycles. The minimum absolute atomic E-state index is 0.231. The average molecular weight is 302 g/mol. The Hall–Kier alpha value is -0.570. The van der Waals surface area contributed by atoms with Gasteiger partial charge in [0.05, 0.1) is 5.92 Å². The first kappa shape index (κ1) is 22.7. The fourth-order valence-electron chi connectivity index (χ4n) is 1.95. The second-order valence-electron chi connectivity index (χ2n) is 6.44. The van der Waals surface area contributed by atoms with Crippen molar-refractivity contribution in [2.75, 3.05) is 0 Å². The second-order valence-corrected chi connectivity index (χ2v) is 6.44. The average Bonchev–Trinajstić information content (AvgIpc) is 2.41. The smallest absolute Gasteiger partial charge is 0.305 e. The maximum atomic E-state index is 9.70. The summed E-state index contributed by atoms with van der Waals surface area (Å²) in [6.07, 6.45) is 15.3. The quantitative estimate of drug-likeness (QED) is 0.476. The van der Waals surface area contributed by atoms with Gasteiger partial charge in [0.1, 0.15) is 0 Å². The van der Waals surface area contributed by atoms with E-state index >= 15 is 0 Å². The van der Waals surface area contributed by atoms with Crippen LogP contribution < -0.4 is 5.73 Å². The monoisotopic (exact) mass is 301 g/mol. The van der Waals surface area contributed by atoms with Gasteiger partial charge in [-0.1, -0.05) is 85.0 Å². The summed E-state index contributed by atoms with van der Waals surface area (Å²) >= 11 is 0. The van der Waals surface area contributed by atoms with Crippen molar-refractivity contribution in [3.8, 4) is 0 Å². The van der Waals surface area contributed by atoms with Crippen LogP contribution in [0.1, 0.15) is 98.3 Å². The Morgan fingerprint density at radius 2 is 1.19 bits per heavy atom. The predicted molar refractivity (Wildman–Crippen MR) is 92.6 cm³/mol. The molecule has 0 aromatic rings. The van der Waals surface area contributed by atoms with Crippen molar-refractivity contribution in [2.24, 2.45) is 11.7 Å². The molecule has 128 valence electrons. The Morgan fingerprint density at radius 1 is 0.857 bits per heavy atom. The summed E-state index contributed by atoms with van der Waals surface area (Å²) in [5.74, 6) is -0.972. The van der Waals surface area contributed by atoms with Gasteiger partial charge in [0.25, 0.3) is 0 Å². The van der Waals surface area contributed by atoms with Crippen molar-refractivity contribution in [2.45, 2.75) is 104 Å². The van der Waals surface area contributed by atoms with E-state index in [0.29, 0.717) is 6.04 Å². The number of aliphatic carboxylic acids is 1. The Balaban J connectivity index is 0. The van der Waals surface area contributed by atoms with Crippen LogP contribution >= 0.6 is 0 Å². The molecule has 0 spiro atoms. The summed E-state index contributed by atoms with van der Waals surface area (Å²) < 4.78 is 0. The third-order valence-corrected chi connectivity index (χ3v) is 3.51. The summed E-state index contributed by atoms with van der Waals surface area (Å²) in [6.45, 7) is 7.66. The number of carboxylic acids is 1. The minimum atomic E-state index is -0.741. The molecule has 0 aliphatic heterocycles. The lowest BCUT2D eigenvalue weighted by Gasteiger charge is -2.04. The van der Waals surface area contributed by atoms with E-state index in [2.05, 4.69) is 13.8 Å². The van der Waals surface area contributed by atoms with E-state index < -0.39 is 5.97 Å². The van der Waals surface area contributed by atoms with E-state index in [1.807, 2.05) is 0 Å². The highest BCUT2D eigenvalue weighted by Crippen LogP contribution is 2.11. The first-order chi connectivity index (χ1) is 9.91. The fraction of sp³-hybridized carbons (Fsp3) is 0.944. The number of carboxylic acid groups (broad SMARTS) is 1. The normalized spacial score (nSPS) is 11.9. The third-order valence-electron chi connectivity index (χ3n) is 3.51. The minimum Gasteiger partial charge on any atom is -0.481 e. The topological polar surface area (TPSA) is 63.3 Å². The molecule has 0 bridgehead atoms. The predicted octanol–water partition coefficient (Wildman–Crippen LogP) is 5.37. The van der Waals surface area contributed by atoms with E-state index in [1.54, 1.807) is 13.8 Å².